The van der Waals surface area contributed by atoms with E-state index in [1.807, 2.05) is 78.8 Å². The third-order valence-corrected chi connectivity index (χ3v) is 8.56. The molecule has 0 aliphatic carbocycles. The lowest BCUT2D eigenvalue weighted by molar-refractivity contribution is -0.144. The highest BCUT2D eigenvalue weighted by atomic mass is 16.5. The molecule has 0 bridgehead atoms. The zero-order chi connectivity index (χ0) is 40.2. The maximum atomic E-state index is 13.8. The van der Waals surface area contributed by atoms with Gasteiger partial charge in [0.15, 0.2) is 0 Å². The number of carbonyl (C=O) groups excluding carboxylic acids is 6. The lowest BCUT2D eigenvalue weighted by atomic mass is 9.95. The van der Waals surface area contributed by atoms with E-state index in [2.05, 4.69) is 31.3 Å². The second-order valence-corrected chi connectivity index (χ2v) is 15.2. The van der Waals surface area contributed by atoms with Gasteiger partial charge in [0.05, 0.1) is 44.2 Å². The van der Waals surface area contributed by atoms with Crippen LogP contribution in [0.25, 0.3) is 0 Å². The lowest BCUT2D eigenvalue weighted by Crippen LogP contribution is -2.57. The average Bonchev–Trinajstić information content (AvgIpc) is 3.06. The molecule has 300 valence electrons. The van der Waals surface area contributed by atoms with Gasteiger partial charge in [-0.05, 0) is 49.5 Å². The lowest BCUT2D eigenvalue weighted by Gasteiger charge is -2.31. The highest BCUT2D eigenvalue weighted by Crippen LogP contribution is 2.15. The summed E-state index contributed by atoms with van der Waals surface area (Å²) in [6, 6.07) is 4.77. The van der Waals surface area contributed by atoms with Crippen molar-refractivity contribution in [2.75, 3.05) is 7.11 Å². The molecule has 1 aromatic carbocycles. The van der Waals surface area contributed by atoms with Gasteiger partial charge in [0.2, 0.25) is 29.5 Å². The van der Waals surface area contributed by atoms with E-state index < -0.39 is 77.9 Å². The number of amides is 5. The Bertz CT molecular complexity index is 1310. The topological polar surface area (TPSA) is 212 Å². The first kappa shape index (κ1) is 47.1. The summed E-state index contributed by atoms with van der Waals surface area (Å²) in [4.78, 5) is 77.3. The minimum atomic E-state index is -1.24. The number of hydrogen-bond donors (Lipinski definition) is 7. The fraction of sp³-hybridized carbons (Fsp3) is 0.692. The van der Waals surface area contributed by atoms with Gasteiger partial charge in [0.25, 0.3) is 0 Å². The van der Waals surface area contributed by atoms with E-state index in [9.17, 15) is 39.0 Å². The first-order valence-corrected chi connectivity index (χ1v) is 18.8. The molecule has 1 aromatic rings. The number of carbonyl (C=O) groups is 6. The number of aliphatic hydroxyl groups is 2. The molecule has 0 saturated carbocycles. The molecule has 7 N–H and O–H groups in total. The molecule has 53 heavy (non-hydrogen) atoms. The van der Waals surface area contributed by atoms with Crippen LogP contribution < -0.4 is 26.6 Å². The largest absolute Gasteiger partial charge is 0.469 e. The number of rotatable bonds is 24. The maximum absolute atomic E-state index is 13.8. The molecule has 5 amide bonds. The minimum absolute atomic E-state index is 0.0373. The van der Waals surface area contributed by atoms with Gasteiger partial charge in [0.1, 0.15) is 12.1 Å². The molecule has 0 saturated heterocycles. The molecule has 0 heterocycles. The standard InChI is InChI=1S/C39H65N5O9/c1-10-14-28(38(51)43-31(20-27-15-12-11-13-16-27)39(52)44-34(47)19-25(6)7)41-29(17-23(2)3)32(45)21-35(48)40-26(8)37(50)42-30(18-24(4)5)33(46)22-36(49)53-9/h11-13,15-16,23-26,28-33,41,45-46H,10,14,17-22H2,1-9H3,(H,40,48)(H,42,50)(H,43,51)(H,44,47,52)/t26-,28-,29-,30-,31-,32-,33-/m0/s1. The van der Waals surface area contributed by atoms with E-state index in [0.717, 1.165) is 5.56 Å². The molecule has 0 unspecified atom stereocenters. The Kier molecular flexibility index (Phi) is 21.7. The van der Waals surface area contributed by atoms with Gasteiger partial charge in [-0.3, -0.25) is 34.1 Å². The number of ether oxygens (including phenoxy) is 1. The zero-order valence-corrected chi connectivity index (χ0v) is 33.1. The molecular formula is C39H65N5O9. The number of methoxy groups -OCH3 is 1. The average molecular weight is 748 g/mol. The number of esters is 1. The fourth-order valence-electron chi connectivity index (χ4n) is 5.88. The van der Waals surface area contributed by atoms with Crippen LogP contribution in [0.5, 0.6) is 0 Å². The Morgan fingerprint density at radius 2 is 1.25 bits per heavy atom. The fourth-order valence-corrected chi connectivity index (χ4v) is 5.88. The normalized spacial score (nSPS) is 15.4. The van der Waals surface area contributed by atoms with Crippen molar-refractivity contribution >= 4 is 35.5 Å². The van der Waals surface area contributed by atoms with Crippen molar-refractivity contribution in [3.05, 3.63) is 35.9 Å². The molecule has 7 atom stereocenters. The molecule has 0 aliphatic rings. The summed E-state index contributed by atoms with van der Waals surface area (Å²) in [5.41, 5.74) is 0.791. The Balaban J connectivity index is 3.07. The first-order chi connectivity index (χ1) is 24.9. The summed E-state index contributed by atoms with van der Waals surface area (Å²) >= 11 is 0. The number of imide groups is 1. The Labute approximate surface area is 315 Å². The Morgan fingerprint density at radius 1 is 0.660 bits per heavy atom. The molecule has 0 fully saturated rings. The van der Waals surface area contributed by atoms with Crippen LogP contribution >= 0.6 is 0 Å². The molecule has 0 radical (unpaired) electrons. The minimum Gasteiger partial charge on any atom is -0.469 e. The first-order valence-electron chi connectivity index (χ1n) is 18.8. The van der Waals surface area contributed by atoms with Gasteiger partial charge in [0, 0.05) is 18.9 Å². The summed E-state index contributed by atoms with van der Waals surface area (Å²) in [6.45, 7) is 14.8. The maximum Gasteiger partial charge on any atom is 0.308 e. The van der Waals surface area contributed by atoms with Crippen LogP contribution in [0, 0.1) is 17.8 Å². The number of nitrogens with one attached hydrogen (secondary N) is 5. The Morgan fingerprint density at radius 3 is 1.79 bits per heavy atom. The van der Waals surface area contributed by atoms with E-state index in [4.69, 9.17) is 0 Å². The smallest absolute Gasteiger partial charge is 0.308 e. The summed E-state index contributed by atoms with van der Waals surface area (Å²) in [5, 5.41) is 35.7. The highest BCUT2D eigenvalue weighted by molar-refractivity contribution is 5.99. The van der Waals surface area contributed by atoms with Crippen LogP contribution in [0.15, 0.2) is 30.3 Å². The molecule has 14 nitrogen and oxygen atoms in total. The van der Waals surface area contributed by atoms with E-state index in [0.29, 0.717) is 25.7 Å². The van der Waals surface area contributed by atoms with Crippen LogP contribution in [-0.4, -0.2) is 95.2 Å². The summed E-state index contributed by atoms with van der Waals surface area (Å²) < 4.78 is 4.64. The number of hydrogen-bond acceptors (Lipinski definition) is 10. The molecular weight excluding hydrogens is 682 g/mol. The molecule has 1 rings (SSSR count). The van der Waals surface area contributed by atoms with Crippen molar-refractivity contribution in [1.82, 2.24) is 26.6 Å². The van der Waals surface area contributed by atoms with Crippen molar-refractivity contribution in [1.29, 1.82) is 0 Å². The summed E-state index contributed by atoms with van der Waals surface area (Å²) in [5.74, 6) is -3.14. The Hall–Kier alpha value is -3.88. The van der Waals surface area contributed by atoms with Gasteiger partial charge >= 0.3 is 5.97 Å². The van der Waals surface area contributed by atoms with Crippen molar-refractivity contribution in [2.24, 2.45) is 17.8 Å². The second-order valence-electron chi connectivity index (χ2n) is 15.2. The summed E-state index contributed by atoms with van der Waals surface area (Å²) in [7, 11) is 1.21. The van der Waals surface area contributed by atoms with Crippen LogP contribution in [0.1, 0.15) is 106 Å². The molecule has 0 aliphatic heterocycles. The van der Waals surface area contributed by atoms with Crippen LogP contribution in [0.3, 0.4) is 0 Å². The molecule has 0 spiro atoms. The van der Waals surface area contributed by atoms with Crippen molar-refractivity contribution in [2.45, 2.75) is 149 Å². The van der Waals surface area contributed by atoms with Gasteiger partial charge < -0.3 is 36.2 Å². The highest BCUT2D eigenvalue weighted by Gasteiger charge is 2.32. The van der Waals surface area contributed by atoms with Gasteiger partial charge in [-0.25, -0.2) is 0 Å². The molecule has 0 aromatic heterocycles. The van der Waals surface area contributed by atoms with E-state index in [1.54, 1.807) is 0 Å². The van der Waals surface area contributed by atoms with Crippen LogP contribution in [-0.2, 0) is 39.9 Å². The van der Waals surface area contributed by atoms with Gasteiger partial charge in [-0.2, -0.15) is 0 Å². The SMILES string of the molecule is CCC[C@H](N[C@@H](CC(C)C)[C@@H](O)CC(=O)N[C@@H](C)C(=O)N[C@@H](CC(C)C)[C@@H](O)CC(=O)OC)C(=O)N[C@@H](Cc1ccccc1)C(=O)NC(=O)CC(C)C. The number of benzene rings is 1. The van der Waals surface area contributed by atoms with Crippen LogP contribution in [0.2, 0.25) is 0 Å². The molecule has 14 heteroatoms. The van der Waals surface area contributed by atoms with Crippen molar-refractivity contribution < 1.29 is 43.7 Å². The third kappa shape index (κ3) is 19.1. The van der Waals surface area contributed by atoms with E-state index in [1.165, 1.54) is 14.0 Å². The predicted molar refractivity (Wildman–Crippen MR) is 202 cm³/mol. The number of aliphatic hydroxyl groups excluding tert-OH is 2. The van der Waals surface area contributed by atoms with Crippen LogP contribution in [0.4, 0.5) is 0 Å². The summed E-state index contributed by atoms with van der Waals surface area (Å²) in [6.07, 6.45) is -1.06. The second kappa shape index (κ2) is 24.4. The third-order valence-electron chi connectivity index (χ3n) is 8.56. The van der Waals surface area contributed by atoms with Crippen molar-refractivity contribution in [3.63, 3.8) is 0 Å². The monoisotopic (exact) mass is 747 g/mol. The quantitative estimate of drug-likeness (QED) is 0.0767. The van der Waals surface area contributed by atoms with Gasteiger partial charge in [-0.15, -0.1) is 0 Å². The van der Waals surface area contributed by atoms with Gasteiger partial charge in [-0.1, -0.05) is 85.2 Å². The predicted octanol–water partition coefficient (Wildman–Crippen LogP) is 2.29. The van der Waals surface area contributed by atoms with Crippen molar-refractivity contribution in [3.8, 4) is 0 Å². The van der Waals surface area contributed by atoms with E-state index in [-0.39, 0.29) is 43.4 Å². The zero-order valence-electron chi connectivity index (χ0n) is 33.1. The van der Waals surface area contributed by atoms with E-state index >= 15 is 0 Å².